The van der Waals surface area contributed by atoms with Gasteiger partial charge in [-0.15, -0.1) is 0 Å². The summed E-state index contributed by atoms with van der Waals surface area (Å²) in [6.45, 7) is 3.64. The fourth-order valence-electron chi connectivity index (χ4n) is 1.38. The Kier molecular flexibility index (Phi) is 4.50. The van der Waals surface area contributed by atoms with Gasteiger partial charge in [-0.1, -0.05) is 25.1 Å². The van der Waals surface area contributed by atoms with Crippen LogP contribution >= 0.6 is 11.6 Å². The van der Waals surface area contributed by atoms with Gasteiger partial charge in [0.2, 0.25) is 5.24 Å². The van der Waals surface area contributed by atoms with Crippen LogP contribution in [0.15, 0.2) is 24.3 Å². The highest BCUT2D eigenvalue weighted by Gasteiger charge is 2.18. The van der Waals surface area contributed by atoms with Crippen LogP contribution in [0.3, 0.4) is 0 Å². The highest BCUT2D eigenvalue weighted by molar-refractivity contribution is 6.64. The average Bonchev–Trinajstić information content (AvgIpc) is 2.25. The van der Waals surface area contributed by atoms with Gasteiger partial charge < -0.3 is 5.32 Å². The molecule has 1 amide bonds. The van der Waals surface area contributed by atoms with Crippen molar-refractivity contribution in [3.05, 3.63) is 35.4 Å². The summed E-state index contributed by atoms with van der Waals surface area (Å²) in [6, 6.07) is 6.59. The normalized spacial score (nSPS) is 11.9. The maximum absolute atomic E-state index is 11.8. The fraction of sp³-hybridized carbons (Fsp3) is 0.333. The lowest BCUT2D eigenvalue weighted by Gasteiger charge is -2.13. The van der Waals surface area contributed by atoms with Gasteiger partial charge in [0.05, 0.1) is 0 Å². The van der Waals surface area contributed by atoms with E-state index in [1.54, 1.807) is 19.1 Å². The van der Waals surface area contributed by atoms with E-state index in [1.807, 2.05) is 19.1 Å². The first-order valence-corrected chi connectivity index (χ1v) is 5.50. The van der Waals surface area contributed by atoms with Crippen LogP contribution < -0.4 is 5.32 Å². The summed E-state index contributed by atoms with van der Waals surface area (Å²) in [6.07, 6.45) is 0.486. The number of carbonyl (C=O) groups excluding carboxylic acids is 2. The first-order chi connectivity index (χ1) is 7.56. The van der Waals surface area contributed by atoms with Crippen LogP contribution in [0.4, 0.5) is 0 Å². The number of amides is 1. The summed E-state index contributed by atoms with van der Waals surface area (Å²) in [5.41, 5.74) is 1.44. The van der Waals surface area contributed by atoms with Gasteiger partial charge in [0.1, 0.15) is 6.04 Å². The smallest absolute Gasteiger partial charge is 0.252 e. The van der Waals surface area contributed by atoms with Gasteiger partial charge in [-0.2, -0.15) is 0 Å². The number of nitrogens with one attached hydrogen (secondary N) is 1. The van der Waals surface area contributed by atoms with Crippen LogP contribution in [0.2, 0.25) is 0 Å². The molecule has 0 heterocycles. The molecule has 1 aromatic rings. The number of benzene rings is 1. The first-order valence-electron chi connectivity index (χ1n) is 5.12. The summed E-state index contributed by atoms with van der Waals surface area (Å²) in [4.78, 5) is 22.8. The Bertz CT molecular complexity index is 404. The third kappa shape index (κ3) is 3.07. The predicted molar refractivity (Wildman–Crippen MR) is 63.6 cm³/mol. The molecule has 0 aliphatic heterocycles. The average molecular weight is 240 g/mol. The van der Waals surface area contributed by atoms with Gasteiger partial charge >= 0.3 is 0 Å². The van der Waals surface area contributed by atoms with Crippen molar-refractivity contribution in [2.75, 3.05) is 0 Å². The van der Waals surface area contributed by atoms with E-state index < -0.39 is 11.3 Å². The minimum Gasteiger partial charge on any atom is -0.341 e. The van der Waals surface area contributed by atoms with E-state index in [1.165, 1.54) is 0 Å². The van der Waals surface area contributed by atoms with E-state index in [4.69, 9.17) is 11.6 Å². The zero-order chi connectivity index (χ0) is 12.1. The first kappa shape index (κ1) is 12.7. The number of aryl methyl sites for hydroxylation is 1. The maximum Gasteiger partial charge on any atom is 0.252 e. The Morgan fingerprint density at radius 2 is 2.00 bits per heavy atom. The molecule has 4 heteroatoms. The molecule has 1 aromatic carbocycles. The maximum atomic E-state index is 11.8. The second-order valence-electron chi connectivity index (χ2n) is 3.55. The Morgan fingerprint density at radius 1 is 1.38 bits per heavy atom. The third-order valence-electron chi connectivity index (χ3n) is 2.38. The zero-order valence-corrected chi connectivity index (χ0v) is 10.0. The lowest BCUT2D eigenvalue weighted by molar-refractivity contribution is -0.113. The number of hydrogen-bond donors (Lipinski definition) is 1. The van der Waals surface area contributed by atoms with Crippen molar-refractivity contribution in [3.8, 4) is 0 Å². The lowest BCUT2D eigenvalue weighted by atomic mass is 10.1. The SMILES string of the molecule is CCC(NC(=O)c1ccccc1C)C(=O)Cl. The van der Waals surface area contributed by atoms with Crippen LogP contribution in [-0.4, -0.2) is 17.2 Å². The number of halogens is 1. The molecule has 0 spiro atoms. The molecule has 1 unspecified atom stereocenters. The quantitative estimate of drug-likeness (QED) is 0.820. The predicted octanol–water partition coefficient (Wildman–Crippen LogP) is 2.27. The Morgan fingerprint density at radius 3 is 2.50 bits per heavy atom. The van der Waals surface area contributed by atoms with Crippen LogP contribution in [0.25, 0.3) is 0 Å². The van der Waals surface area contributed by atoms with Gasteiger partial charge in [0.25, 0.3) is 5.91 Å². The monoisotopic (exact) mass is 239 g/mol. The molecule has 0 saturated carbocycles. The van der Waals surface area contributed by atoms with Gasteiger partial charge in [-0.3, -0.25) is 9.59 Å². The number of hydrogen-bond acceptors (Lipinski definition) is 2. The van der Waals surface area contributed by atoms with Crippen molar-refractivity contribution in [2.45, 2.75) is 26.3 Å². The minimum absolute atomic E-state index is 0.265. The molecule has 0 aromatic heterocycles. The molecule has 0 bridgehead atoms. The largest absolute Gasteiger partial charge is 0.341 e. The summed E-state index contributed by atoms with van der Waals surface area (Å²) < 4.78 is 0. The zero-order valence-electron chi connectivity index (χ0n) is 9.29. The Labute approximate surface area is 99.8 Å². The molecular weight excluding hydrogens is 226 g/mol. The molecular formula is C12H14ClNO2. The van der Waals surface area contributed by atoms with Crippen molar-refractivity contribution in [2.24, 2.45) is 0 Å². The van der Waals surface area contributed by atoms with Gasteiger partial charge in [-0.05, 0) is 36.6 Å². The van der Waals surface area contributed by atoms with Crippen molar-refractivity contribution in [1.82, 2.24) is 5.32 Å². The minimum atomic E-state index is -0.617. The molecule has 0 fully saturated rings. The highest BCUT2D eigenvalue weighted by atomic mass is 35.5. The second kappa shape index (κ2) is 5.66. The topological polar surface area (TPSA) is 46.2 Å². The molecule has 0 radical (unpaired) electrons. The molecule has 1 N–H and O–H groups in total. The van der Waals surface area contributed by atoms with Gasteiger partial charge in [0, 0.05) is 5.56 Å². The van der Waals surface area contributed by atoms with Crippen LogP contribution in [-0.2, 0) is 4.79 Å². The summed E-state index contributed by atoms with van der Waals surface area (Å²) in [5.74, 6) is -0.265. The Hall–Kier alpha value is -1.35. The molecule has 0 aliphatic rings. The van der Waals surface area contributed by atoms with Crippen molar-refractivity contribution >= 4 is 22.8 Å². The van der Waals surface area contributed by atoms with E-state index in [2.05, 4.69) is 5.32 Å². The van der Waals surface area contributed by atoms with Gasteiger partial charge in [0.15, 0.2) is 0 Å². The molecule has 1 rings (SSSR count). The van der Waals surface area contributed by atoms with Crippen LogP contribution in [0.1, 0.15) is 29.3 Å². The van der Waals surface area contributed by atoms with Crippen molar-refractivity contribution in [3.63, 3.8) is 0 Å². The molecule has 0 aliphatic carbocycles. The standard InChI is InChI=1S/C12H14ClNO2/c1-3-10(11(13)15)14-12(16)9-7-5-4-6-8(9)2/h4-7,10H,3H2,1-2H3,(H,14,16). The summed E-state index contributed by atoms with van der Waals surface area (Å²) in [7, 11) is 0. The Balaban J connectivity index is 2.80. The molecule has 86 valence electrons. The lowest BCUT2D eigenvalue weighted by Crippen LogP contribution is -2.38. The molecule has 3 nitrogen and oxygen atoms in total. The number of carbonyl (C=O) groups is 2. The van der Waals surface area contributed by atoms with Crippen molar-refractivity contribution in [1.29, 1.82) is 0 Å². The van der Waals surface area contributed by atoms with Crippen LogP contribution in [0, 0.1) is 6.92 Å². The van der Waals surface area contributed by atoms with E-state index in [0.29, 0.717) is 12.0 Å². The van der Waals surface area contributed by atoms with E-state index in [0.717, 1.165) is 5.56 Å². The van der Waals surface area contributed by atoms with E-state index in [-0.39, 0.29) is 5.91 Å². The number of rotatable bonds is 4. The van der Waals surface area contributed by atoms with Crippen molar-refractivity contribution < 1.29 is 9.59 Å². The molecule has 16 heavy (non-hydrogen) atoms. The molecule has 1 atom stereocenters. The fourth-order valence-corrected chi connectivity index (χ4v) is 1.59. The van der Waals surface area contributed by atoms with Gasteiger partial charge in [-0.25, -0.2) is 0 Å². The summed E-state index contributed by atoms with van der Waals surface area (Å²) in [5, 5.41) is 2.07. The van der Waals surface area contributed by atoms with E-state index >= 15 is 0 Å². The summed E-state index contributed by atoms with van der Waals surface area (Å²) >= 11 is 5.36. The third-order valence-corrected chi connectivity index (χ3v) is 2.64. The molecule has 0 saturated heterocycles. The van der Waals surface area contributed by atoms with E-state index in [9.17, 15) is 9.59 Å². The highest BCUT2D eigenvalue weighted by Crippen LogP contribution is 2.08. The van der Waals surface area contributed by atoms with Crippen LogP contribution in [0.5, 0.6) is 0 Å². The second-order valence-corrected chi connectivity index (χ2v) is 3.93.